The average molecular weight is 334 g/mol. The zero-order valence-corrected chi connectivity index (χ0v) is 11.5. The summed E-state index contributed by atoms with van der Waals surface area (Å²) in [6.45, 7) is 0. The van der Waals surface area contributed by atoms with Gasteiger partial charge in [-0.05, 0) is 24.3 Å². The van der Waals surface area contributed by atoms with Crippen molar-refractivity contribution in [1.29, 1.82) is 0 Å². The van der Waals surface area contributed by atoms with E-state index in [1.54, 1.807) is 0 Å². The lowest BCUT2D eigenvalue weighted by atomic mass is 9.99. The van der Waals surface area contributed by atoms with Gasteiger partial charge in [0.15, 0.2) is 23.2 Å². The molecule has 0 atom stereocenters. The van der Waals surface area contributed by atoms with Gasteiger partial charge in [-0.25, -0.2) is 13.2 Å². The smallest absolute Gasteiger partial charge is 0.419 e. The molecule has 2 aromatic carbocycles. The lowest BCUT2D eigenvalue weighted by Crippen LogP contribution is -2.13. The lowest BCUT2D eigenvalue weighted by molar-refractivity contribution is -0.138. The molecule has 0 aliphatic heterocycles. The third-order valence-electron chi connectivity index (χ3n) is 3.05. The van der Waals surface area contributed by atoms with E-state index in [4.69, 9.17) is 0 Å². The zero-order valence-electron chi connectivity index (χ0n) is 11.5. The fourth-order valence-corrected chi connectivity index (χ4v) is 2.01. The fraction of sp³-hybridized carbons (Fsp3) is 0.133. The maximum absolute atomic E-state index is 13.7. The molecule has 0 amide bonds. The number of para-hydroxylation sites is 1. The van der Waals surface area contributed by atoms with Crippen molar-refractivity contribution in [2.24, 2.45) is 0 Å². The summed E-state index contributed by atoms with van der Waals surface area (Å²) in [4.78, 5) is 12.2. The largest absolute Gasteiger partial charge is 0.495 e. The summed E-state index contributed by atoms with van der Waals surface area (Å²) in [5.74, 6) is -7.27. The zero-order chi connectivity index (χ0) is 17.4. The fourth-order valence-electron chi connectivity index (χ4n) is 2.01. The first-order valence-electron chi connectivity index (χ1n) is 6.11. The van der Waals surface area contributed by atoms with E-state index in [-0.39, 0.29) is 0 Å². The van der Waals surface area contributed by atoms with Crippen LogP contribution in [0, 0.1) is 17.5 Å². The van der Waals surface area contributed by atoms with Gasteiger partial charge in [0, 0.05) is 0 Å². The Labute approximate surface area is 126 Å². The molecule has 8 heteroatoms. The number of hydrogen-bond donors (Lipinski definition) is 0. The highest BCUT2D eigenvalue weighted by Gasteiger charge is 2.36. The molecule has 2 rings (SSSR count). The average Bonchev–Trinajstić information content (AvgIpc) is 2.50. The highest BCUT2D eigenvalue weighted by atomic mass is 19.4. The second-order valence-corrected chi connectivity index (χ2v) is 4.44. The molecule has 0 spiro atoms. The molecule has 2 aromatic rings. The van der Waals surface area contributed by atoms with Crippen LogP contribution in [0.1, 0.15) is 21.5 Å². The molecule has 0 saturated carbocycles. The monoisotopic (exact) mass is 334 g/mol. The lowest BCUT2D eigenvalue weighted by Gasteiger charge is -2.15. The van der Waals surface area contributed by atoms with Crippen molar-refractivity contribution in [3.05, 3.63) is 64.5 Å². The van der Waals surface area contributed by atoms with Crippen LogP contribution in [0.4, 0.5) is 26.3 Å². The van der Waals surface area contributed by atoms with Crippen LogP contribution < -0.4 is 4.74 Å². The molecular weight excluding hydrogens is 326 g/mol. The predicted molar refractivity (Wildman–Crippen MR) is 67.7 cm³/mol. The SMILES string of the molecule is COc1c(C(=O)c2ccc(F)c(F)c2F)cccc1C(F)(F)F. The molecule has 2 nitrogen and oxygen atoms in total. The van der Waals surface area contributed by atoms with Gasteiger partial charge in [-0.2, -0.15) is 13.2 Å². The van der Waals surface area contributed by atoms with E-state index in [2.05, 4.69) is 4.74 Å². The quantitative estimate of drug-likeness (QED) is 0.474. The van der Waals surface area contributed by atoms with Crippen molar-refractivity contribution in [3.8, 4) is 5.75 Å². The molecule has 0 heterocycles. The van der Waals surface area contributed by atoms with E-state index in [1.807, 2.05) is 0 Å². The predicted octanol–water partition coefficient (Wildman–Crippen LogP) is 4.36. The van der Waals surface area contributed by atoms with Crippen LogP contribution in [-0.4, -0.2) is 12.9 Å². The molecule has 0 fully saturated rings. The number of carbonyl (C=O) groups is 1. The van der Waals surface area contributed by atoms with E-state index >= 15 is 0 Å². The van der Waals surface area contributed by atoms with Crippen LogP contribution >= 0.6 is 0 Å². The summed E-state index contributed by atoms with van der Waals surface area (Å²) in [6, 6.07) is 3.73. The Morgan fingerprint density at radius 2 is 1.61 bits per heavy atom. The van der Waals surface area contributed by atoms with E-state index in [9.17, 15) is 31.1 Å². The summed E-state index contributed by atoms with van der Waals surface area (Å²) in [7, 11) is 0.906. The summed E-state index contributed by atoms with van der Waals surface area (Å²) >= 11 is 0. The molecule has 0 aromatic heterocycles. The van der Waals surface area contributed by atoms with Gasteiger partial charge < -0.3 is 4.74 Å². The van der Waals surface area contributed by atoms with E-state index in [0.29, 0.717) is 18.2 Å². The Morgan fingerprint density at radius 3 is 2.17 bits per heavy atom. The van der Waals surface area contributed by atoms with Crippen molar-refractivity contribution >= 4 is 5.78 Å². The number of alkyl halides is 3. The van der Waals surface area contributed by atoms with Crippen LogP contribution in [0.2, 0.25) is 0 Å². The molecule has 0 bridgehead atoms. The molecule has 0 aliphatic carbocycles. The summed E-state index contributed by atoms with van der Waals surface area (Å²) in [6.07, 6.45) is -4.81. The number of ether oxygens (including phenoxy) is 1. The summed E-state index contributed by atoms with van der Waals surface area (Å²) in [5.41, 5.74) is -2.76. The van der Waals surface area contributed by atoms with Crippen molar-refractivity contribution < 1.29 is 35.9 Å². The number of methoxy groups -OCH3 is 1. The minimum atomic E-state index is -4.81. The van der Waals surface area contributed by atoms with Gasteiger partial charge in [-0.1, -0.05) is 6.07 Å². The maximum Gasteiger partial charge on any atom is 0.419 e. The van der Waals surface area contributed by atoms with Gasteiger partial charge in [0.25, 0.3) is 0 Å². The minimum absolute atomic E-state index is 0.506. The molecule has 0 unspecified atom stereocenters. The van der Waals surface area contributed by atoms with Crippen molar-refractivity contribution in [1.82, 2.24) is 0 Å². The number of benzene rings is 2. The molecule has 122 valence electrons. The van der Waals surface area contributed by atoms with Gasteiger partial charge in [-0.15, -0.1) is 0 Å². The van der Waals surface area contributed by atoms with Gasteiger partial charge in [-0.3, -0.25) is 4.79 Å². The Kier molecular flexibility index (Phi) is 4.35. The van der Waals surface area contributed by atoms with Gasteiger partial charge in [0.1, 0.15) is 5.75 Å². The highest BCUT2D eigenvalue weighted by Crippen LogP contribution is 2.38. The van der Waals surface area contributed by atoms with Crippen LogP contribution in [0.15, 0.2) is 30.3 Å². The van der Waals surface area contributed by atoms with Gasteiger partial charge in [0.05, 0.1) is 23.8 Å². The topological polar surface area (TPSA) is 26.3 Å². The van der Waals surface area contributed by atoms with Crippen molar-refractivity contribution in [2.45, 2.75) is 6.18 Å². The van der Waals surface area contributed by atoms with Crippen LogP contribution in [0.25, 0.3) is 0 Å². The Morgan fingerprint density at radius 1 is 0.957 bits per heavy atom. The van der Waals surface area contributed by atoms with Crippen LogP contribution in [0.5, 0.6) is 5.75 Å². The number of ketones is 1. The molecule has 0 N–H and O–H groups in total. The van der Waals surface area contributed by atoms with Crippen LogP contribution in [-0.2, 0) is 6.18 Å². The summed E-state index contributed by atoms with van der Waals surface area (Å²) < 4.78 is 83.1. The first-order valence-corrected chi connectivity index (χ1v) is 6.11. The molecule has 0 radical (unpaired) electrons. The van der Waals surface area contributed by atoms with Crippen LogP contribution in [0.3, 0.4) is 0 Å². The molecule has 0 aliphatic rings. The number of hydrogen-bond acceptors (Lipinski definition) is 2. The van der Waals surface area contributed by atoms with Crippen molar-refractivity contribution in [2.75, 3.05) is 7.11 Å². The molecule has 0 saturated heterocycles. The minimum Gasteiger partial charge on any atom is -0.495 e. The normalized spacial score (nSPS) is 11.4. The number of carbonyl (C=O) groups excluding carboxylic acids is 1. The molecular formula is C15H8F6O2. The second-order valence-electron chi connectivity index (χ2n) is 4.44. The third-order valence-corrected chi connectivity index (χ3v) is 3.05. The van der Waals surface area contributed by atoms with E-state index < -0.39 is 51.9 Å². The Hall–Kier alpha value is -2.51. The maximum atomic E-state index is 13.7. The number of rotatable bonds is 3. The van der Waals surface area contributed by atoms with E-state index in [1.165, 1.54) is 0 Å². The van der Waals surface area contributed by atoms with Gasteiger partial charge in [0.2, 0.25) is 0 Å². The first-order chi connectivity index (χ1) is 10.7. The van der Waals surface area contributed by atoms with Crippen molar-refractivity contribution in [3.63, 3.8) is 0 Å². The second kappa shape index (κ2) is 5.94. The number of halogens is 6. The Balaban J connectivity index is 2.64. The first kappa shape index (κ1) is 16.9. The van der Waals surface area contributed by atoms with E-state index in [0.717, 1.165) is 19.2 Å². The standard InChI is InChI=1S/C15H8F6O2/c1-23-14-8(3-2-4-9(14)15(19,20)21)13(22)7-5-6-10(16)12(18)11(7)17/h2-6H,1H3. The highest BCUT2D eigenvalue weighted by molar-refractivity contribution is 6.11. The summed E-state index contributed by atoms with van der Waals surface area (Å²) in [5, 5.41) is 0. The third kappa shape index (κ3) is 3.01. The Bertz CT molecular complexity index is 767. The van der Waals surface area contributed by atoms with Gasteiger partial charge >= 0.3 is 6.18 Å². The molecule has 23 heavy (non-hydrogen) atoms.